The van der Waals surface area contributed by atoms with Crippen molar-refractivity contribution >= 4 is 33.2 Å². The van der Waals surface area contributed by atoms with E-state index in [1.165, 1.54) is 12.1 Å². The Hall–Kier alpha value is -3.27. The van der Waals surface area contributed by atoms with Gasteiger partial charge in [-0.2, -0.15) is 17.9 Å². The number of piperazine rings is 1. The molecule has 2 aromatic heterocycles. The lowest BCUT2D eigenvalue weighted by atomic mass is 10.0. The number of alkyl halides is 3. The molecule has 10 nitrogen and oxygen atoms in total. The second-order valence-electron chi connectivity index (χ2n) is 10.3. The summed E-state index contributed by atoms with van der Waals surface area (Å²) in [5.41, 5.74) is -0.500. The van der Waals surface area contributed by atoms with Crippen LogP contribution < -0.4 is 4.72 Å². The van der Waals surface area contributed by atoms with Crippen molar-refractivity contribution < 1.29 is 40.8 Å². The average molecular weight is 613 g/mol. The zero-order chi connectivity index (χ0) is 29.6. The third kappa shape index (κ3) is 6.17. The van der Waals surface area contributed by atoms with Gasteiger partial charge in [0.05, 0.1) is 4.88 Å². The van der Waals surface area contributed by atoms with Crippen molar-refractivity contribution in [2.24, 2.45) is 0 Å². The number of thiophene rings is 1. The first-order valence-electron chi connectivity index (χ1n) is 12.8. The number of amides is 1. The van der Waals surface area contributed by atoms with Crippen LogP contribution in [0.5, 0.6) is 0 Å². The molecule has 3 heterocycles. The second-order valence-corrected chi connectivity index (χ2v) is 13.3. The number of aromatic nitrogens is 1. The van der Waals surface area contributed by atoms with Crippen LogP contribution in [0, 0.1) is 0 Å². The monoisotopic (exact) mass is 612 g/mol. The molecule has 220 valence electrons. The van der Waals surface area contributed by atoms with E-state index in [-0.39, 0.29) is 27.1 Å². The number of sulfonamides is 1. The van der Waals surface area contributed by atoms with Crippen LogP contribution >= 0.6 is 11.3 Å². The maximum Gasteiger partial charge on any atom is 0.452 e. The largest absolute Gasteiger partial charge is 0.480 e. The van der Waals surface area contributed by atoms with Gasteiger partial charge >= 0.3 is 12.1 Å². The molecule has 2 aliphatic rings. The molecule has 41 heavy (non-hydrogen) atoms. The molecule has 1 aromatic carbocycles. The number of carbonyl (C=O) groups is 2. The number of aliphatic carboxylic acids is 1. The Labute approximate surface area is 237 Å². The predicted octanol–water partition coefficient (Wildman–Crippen LogP) is 3.42. The quantitative estimate of drug-likeness (QED) is 0.376. The van der Waals surface area contributed by atoms with E-state index >= 15 is 0 Å². The van der Waals surface area contributed by atoms with Crippen molar-refractivity contribution in [1.29, 1.82) is 0 Å². The molecule has 2 fully saturated rings. The number of rotatable bonds is 9. The van der Waals surface area contributed by atoms with Crippen LogP contribution in [-0.4, -0.2) is 79.1 Å². The highest BCUT2D eigenvalue weighted by Crippen LogP contribution is 2.53. The van der Waals surface area contributed by atoms with Gasteiger partial charge in [-0.15, -0.1) is 11.3 Å². The number of benzene rings is 1. The van der Waals surface area contributed by atoms with Crippen molar-refractivity contribution in [2.75, 3.05) is 33.2 Å². The lowest BCUT2D eigenvalue weighted by molar-refractivity contribution is -0.155. The summed E-state index contributed by atoms with van der Waals surface area (Å²) in [6.45, 7) is 3.00. The van der Waals surface area contributed by atoms with E-state index < -0.39 is 39.4 Å². The van der Waals surface area contributed by atoms with Gasteiger partial charge in [0.2, 0.25) is 11.7 Å². The van der Waals surface area contributed by atoms with E-state index in [1.807, 2.05) is 18.0 Å². The molecule has 0 radical (unpaired) electrons. The number of likely N-dealkylation sites (N-methyl/N-ethyl adjacent to an activating group) is 1. The average Bonchev–Trinajstić information content (AvgIpc) is 3.26. The molecule has 1 aliphatic carbocycles. The maximum absolute atomic E-state index is 13.2. The van der Waals surface area contributed by atoms with Gasteiger partial charge in [0.1, 0.15) is 15.4 Å². The Kier molecular flexibility index (Phi) is 7.74. The Balaban J connectivity index is 1.27. The van der Waals surface area contributed by atoms with Gasteiger partial charge in [0.25, 0.3) is 10.0 Å². The Morgan fingerprint density at radius 3 is 2.56 bits per heavy atom. The summed E-state index contributed by atoms with van der Waals surface area (Å²) in [7, 11) is -2.34. The fourth-order valence-corrected chi connectivity index (χ4v) is 7.57. The molecule has 0 bridgehead atoms. The van der Waals surface area contributed by atoms with Gasteiger partial charge in [-0.05, 0) is 43.1 Å². The normalized spacial score (nSPS) is 21.7. The zero-order valence-electron chi connectivity index (χ0n) is 21.8. The third-order valence-corrected chi connectivity index (χ3v) is 10.5. The molecule has 1 aliphatic heterocycles. The topological polar surface area (TPSA) is 133 Å². The summed E-state index contributed by atoms with van der Waals surface area (Å²) in [5.74, 6) is -3.25. The smallest absolute Gasteiger partial charge is 0.452 e. The van der Waals surface area contributed by atoms with Crippen molar-refractivity contribution in [3.63, 3.8) is 0 Å². The number of halogens is 3. The lowest BCUT2D eigenvalue weighted by Crippen LogP contribution is -2.47. The molecule has 2 unspecified atom stereocenters. The number of nitrogens with one attached hydrogen (secondary N) is 1. The first kappa shape index (κ1) is 29.2. The number of carboxylic acid groups (broad SMARTS) is 1. The molecular formula is C26H27F3N4O6S2. The van der Waals surface area contributed by atoms with Crippen LogP contribution in [0.2, 0.25) is 0 Å². The predicted molar refractivity (Wildman–Crippen MR) is 142 cm³/mol. The van der Waals surface area contributed by atoms with Crippen molar-refractivity contribution in [2.45, 2.75) is 41.1 Å². The molecule has 0 spiro atoms. The molecular weight excluding hydrogens is 585 g/mol. The van der Waals surface area contributed by atoms with Crippen LogP contribution in [0.3, 0.4) is 0 Å². The fourth-order valence-electron chi connectivity index (χ4n) is 4.91. The van der Waals surface area contributed by atoms with Crippen LogP contribution in [0.25, 0.3) is 10.6 Å². The summed E-state index contributed by atoms with van der Waals surface area (Å²) in [6, 6.07) is 10.2. The SMILES string of the molecule is CN1CCN(C(=O)CCc2cccc(C3CC3(NS(=O)(=O)c3ccc(-c4cc(C(F)(F)F)on4)s3)C(=O)O)c2)CC1. The standard InChI is InChI=1S/C26H27F3N4O6S2/c1-32-9-11-33(12-10-32)22(34)7-5-16-3-2-4-17(13-16)18-15-25(18,24(35)36)31-41(37,38)23-8-6-20(40-23)19-14-21(39-30-19)26(27,28)29/h2-4,6,8,13-14,18,31H,5,7,9-12,15H2,1H3,(H,35,36). The summed E-state index contributed by atoms with van der Waals surface area (Å²) in [6.07, 6.45) is -3.95. The lowest BCUT2D eigenvalue weighted by Gasteiger charge is -2.32. The van der Waals surface area contributed by atoms with E-state index in [2.05, 4.69) is 19.3 Å². The highest BCUT2D eigenvalue weighted by Gasteiger charge is 2.63. The first-order chi connectivity index (χ1) is 19.3. The summed E-state index contributed by atoms with van der Waals surface area (Å²) in [5, 5.41) is 13.4. The van der Waals surface area contributed by atoms with Gasteiger partial charge in [-0.3, -0.25) is 9.59 Å². The molecule has 1 saturated carbocycles. The molecule has 2 N–H and O–H groups in total. The van der Waals surface area contributed by atoms with Crippen LogP contribution in [0.1, 0.15) is 35.6 Å². The van der Waals surface area contributed by atoms with E-state index in [0.29, 0.717) is 48.9 Å². The zero-order valence-corrected chi connectivity index (χ0v) is 23.5. The van der Waals surface area contributed by atoms with Crippen LogP contribution in [0.15, 0.2) is 51.2 Å². The van der Waals surface area contributed by atoms with Gasteiger partial charge < -0.3 is 19.4 Å². The van der Waals surface area contributed by atoms with E-state index in [0.717, 1.165) is 18.7 Å². The second kappa shape index (κ2) is 10.9. The van der Waals surface area contributed by atoms with E-state index in [4.69, 9.17) is 0 Å². The van der Waals surface area contributed by atoms with Gasteiger partial charge in [-0.25, -0.2) is 8.42 Å². The minimum atomic E-state index is -4.74. The molecule has 3 aromatic rings. The minimum absolute atomic E-state index is 0.0156. The number of hydrogen-bond donors (Lipinski definition) is 2. The number of nitrogens with zero attached hydrogens (tertiary/aromatic N) is 3. The summed E-state index contributed by atoms with van der Waals surface area (Å²) >= 11 is 0.646. The first-order valence-corrected chi connectivity index (χ1v) is 15.0. The van der Waals surface area contributed by atoms with E-state index in [9.17, 15) is 36.3 Å². The molecule has 5 rings (SSSR count). The number of carbonyl (C=O) groups excluding carboxylic acids is 1. The van der Waals surface area contributed by atoms with E-state index in [1.54, 1.807) is 18.2 Å². The maximum atomic E-state index is 13.2. The summed E-state index contributed by atoms with van der Waals surface area (Å²) in [4.78, 5) is 29.0. The number of carboxylic acids is 1. The van der Waals surface area contributed by atoms with Crippen molar-refractivity contribution in [1.82, 2.24) is 19.7 Å². The van der Waals surface area contributed by atoms with Gasteiger partial charge in [0.15, 0.2) is 0 Å². The molecule has 2 atom stereocenters. The minimum Gasteiger partial charge on any atom is -0.480 e. The van der Waals surface area contributed by atoms with Crippen molar-refractivity contribution in [3.05, 3.63) is 59.4 Å². The Morgan fingerprint density at radius 2 is 1.90 bits per heavy atom. The summed E-state index contributed by atoms with van der Waals surface area (Å²) < 4.78 is 71.2. The highest BCUT2D eigenvalue weighted by molar-refractivity contribution is 7.91. The molecule has 1 amide bonds. The number of hydrogen-bond acceptors (Lipinski definition) is 8. The Morgan fingerprint density at radius 1 is 1.17 bits per heavy atom. The molecule has 1 saturated heterocycles. The highest BCUT2D eigenvalue weighted by atomic mass is 32.2. The number of aryl methyl sites for hydroxylation is 1. The Bertz CT molecular complexity index is 1560. The van der Waals surface area contributed by atoms with Gasteiger partial charge in [0, 0.05) is 44.6 Å². The van der Waals surface area contributed by atoms with Crippen LogP contribution in [0.4, 0.5) is 13.2 Å². The van der Waals surface area contributed by atoms with Gasteiger partial charge in [-0.1, -0.05) is 29.4 Å². The van der Waals surface area contributed by atoms with Crippen LogP contribution in [-0.2, 0) is 32.2 Å². The fraction of sp³-hybridized carbons (Fsp3) is 0.423. The van der Waals surface area contributed by atoms with Crippen molar-refractivity contribution in [3.8, 4) is 10.6 Å². The third-order valence-electron chi connectivity index (χ3n) is 7.38. The molecule has 15 heteroatoms.